The summed E-state index contributed by atoms with van der Waals surface area (Å²) in [5.74, 6) is 1.51. The number of hydrogen-bond donors (Lipinski definition) is 0. The molecule has 0 aliphatic carbocycles. The molecule has 0 fully saturated rings. The highest BCUT2D eigenvalue weighted by molar-refractivity contribution is 6.35. The van der Waals surface area contributed by atoms with Gasteiger partial charge in [0.05, 0.1) is 28.8 Å². The van der Waals surface area contributed by atoms with Gasteiger partial charge < -0.3 is 4.57 Å². The summed E-state index contributed by atoms with van der Waals surface area (Å²) in [7, 11) is 0. The first-order valence-electron chi connectivity index (χ1n) is 6.87. The second-order valence-electron chi connectivity index (χ2n) is 5.01. The lowest BCUT2D eigenvalue weighted by molar-refractivity contribution is 0.529. The van der Waals surface area contributed by atoms with E-state index < -0.39 is 0 Å². The van der Waals surface area contributed by atoms with E-state index in [1.54, 1.807) is 0 Å². The summed E-state index contributed by atoms with van der Waals surface area (Å²) in [6.45, 7) is 3.58. The third-order valence-electron chi connectivity index (χ3n) is 3.43. The van der Waals surface area contributed by atoms with Crippen molar-refractivity contribution in [3.05, 3.63) is 47.0 Å². The minimum absolute atomic E-state index is 0.543. The lowest BCUT2D eigenvalue weighted by atomic mass is 10.3. The van der Waals surface area contributed by atoms with Gasteiger partial charge in [-0.3, -0.25) is 4.68 Å². The van der Waals surface area contributed by atoms with Crippen molar-refractivity contribution in [1.29, 1.82) is 0 Å². The van der Waals surface area contributed by atoms with Gasteiger partial charge in [0, 0.05) is 25.0 Å². The average molecular weight is 323 g/mol. The third kappa shape index (κ3) is 2.92. The number of imidazole rings is 1. The molecule has 0 bridgehead atoms. The van der Waals surface area contributed by atoms with Crippen molar-refractivity contribution >= 4 is 34.2 Å². The van der Waals surface area contributed by atoms with Crippen LogP contribution in [0.3, 0.4) is 0 Å². The van der Waals surface area contributed by atoms with E-state index in [0.29, 0.717) is 5.88 Å². The number of halogens is 2. The van der Waals surface area contributed by atoms with E-state index >= 15 is 0 Å². The smallest absolute Gasteiger partial charge is 0.111 e. The average Bonchev–Trinajstić information content (AvgIpc) is 3.01. The van der Waals surface area contributed by atoms with Crippen LogP contribution in [0, 0.1) is 6.92 Å². The van der Waals surface area contributed by atoms with Crippen molar-refractivity contribution in [2.45, 2.75) is 26.4 Å². The van der Waals surface area contributed by atoms with E-state index in [4.69, 9.17) is 23.2 Å². The van der Waals surface area contributed by atoms with Gasteiger partial charge in [-0.2, -0.15) is 5.10 Å². The van der Waals surface area contributed by atoms with Crippen LogP contribution >= 0.6 is 23.2 Å². The standard InChI is InChI=1S/C15H16Cl2N4/c1-11-9-18-20(10-11)7-8-21-14(5-6-16)19-13-4-2-3-12(17)15(13)21/h2-4,9-10H,5-8H2,1H3. The fourth-order valence-electron chi connectivity index (χ4n) is 2.50. The van der Waals surface area contributed by atoms with Crippen molar-refractivity contribution < 1.29 is 0 Å². The zero-order chi connectivity index (χ0) is 14.8. The Morgan fingerprint density at radius 3 is 2.81 bits per heavy atom. The first-order chi connectivity index (χ1) is 10.2. The van der Waals surface area contributed by atoms with E-state index in [2.05, 4.69) is 14.6 Å². The van der Waals surface area contributed by atoms with E-state index in [1.807, 2.05) is 42.2 Å². The first-order valence-corrected chi connectivity index (χ1v) is 7.79. The number of para-hydroxylation sites is 1. The number of aryl methyl sites for hydroxylation is 4. The Hall–Kier alpha value is -1.52. The highest BCUT2D eigenvalue weighted by atomic mass is 35.5. The highest BCUT2D eigenvalue weighted by Gasteiger charge is 2.13. The Morgan fingerprint density at radius 2 is 2.10 bits per heavy atom. The third-order valence-corrected chi connectivity index (χ3v) is 3.92. The molecule has 21 heavy (non-hydrogen) atoms. The Bertz CT molecular complexity index is 760. The van der Waals surface area contributed by atoms with Crippen LogP contribution in [0.25, 0.3) is 11.0 Å². The van der Waals surface area contributed by atoms with Crippen LogP contribution < -0.4 is 0 Å². The maximum absolute atomic E-state index is 6.35. The van der Waals surface area contributed by atoms with Crippen LogP contribution in [0.4, 0.5) is 0 Å². The Balaban J connectivity index is 1.96. The monoisotopic (exact) mass is 322 g/mol. The molecule has 0 spiro atoms. The molecular weight excluding hydrogens is 307 g/mol. The second-order valence-corrected chi connectivity index (χ2v) is 5.79. The molecule has 0 N–H and O–H groups in total. The molecule has 3 aromatic rings. The fraction of sp³-hybridized carbons (Fsp3) is 0.333. The molecule has 0 aliphatic rings. The molecule has 4 nitrogen and oxygen atoms in total. The quantitative estimate of drug-likeness (QED) is 0.672. The zero-order valence-electron chi connectivity index (χ0n) is 11.8. The molecule has 6 heteroatoms. The Morgan fingerprint density at radius 1 is 1.24 bits per heavy atom. The molecule has 2 aromatic heterocycles. The number of aromatic nitrogens is 4. The number of nitrogens with zero attached hydrogens (tertiary/aromatic N) is 4. The Kier molecular flexibility index (Phi) is 4.17. The molecule has 110 valence electrons. The SMILES string of the molecule is Cc1cnn(CCn2c(CCCl)nc3cccc(Cl)c32)c1. The van der Waals surface area contributed by atoms with E-state index in [-0.39, 0.29) is 0 Å². The van der Waals surface area contributed by atoms with Gasteiger partial charge in [-0.05, 0) is 24.6 Å². The van der Waals surface area contributed by atoms with Gasteiger partial charge in [-0.1, -0.05) is 17.7 Å². The molecule has 0 radical (unpaired) electrons. The topological polar surface area (TPSA) is 35.6 Å². The van der Waals surface area contributed by atoms with Gasteiger partial charge in [0.2, 0.25) is 0 Å². The van der Waals surface area contributed by atoms with Crippen LogP contribution in [0.2, 0.25) is 5.02 Å². The molecule has 0 saturated heterocycles. The fourth-order valence-corrected chi connectivity index (χ4v) is 2.94. The molecule has 0 saturated carbocycles. The summed E-state index contributed by atoms with van der Waals surface area (Å²) in [6.07, 6.45) is 4.62. The van der Waals surface area contributed by atoms with Gasteiger partial charge in [0.1, 0.15) is 5.82 Å². The molecule has 0 amide bonds. The zero-order valence-corrected chi connectivity index (χ0v) is 13.3. The number of hydrogen-bond acceptors (Lipinski definition) is 2. The van der Waals surface area contributed by atoms with Crippen molar-refractivity contribution in [2.75, 3.05) is 5.88 Å². The van der Waals surface area contributed by atoms with Crippen LogP contribution in [0.5, 0.6) is 0 Å². The van der Waals surface area contributed by atoms with Gasteiger partial charge in [-0.25, -0.2) is 4.98 Å². The molecule has 0 aliphatic heterocycles. The van der Waals surface area contributed by atoms with Crippen molar-refractivity contribution in [1.82, 2.24) is 19.3 Å². The van der Waals surface area contributed by atoms with Crippen molar-refractivity contribution in [2.24, 2.45) is 0 Å². The number of alkyl halides is 1. The van der Waals surface area contributed by atoms with Crippen LogP contribution in [-0.4, -0.2) is 25.2 Å². The van der Waals surface area contributed by atoms with Crippen LogP contribution in [-0.2, 0) is 19.5 Å². The van der Waals surface area contributed by atoms with Gasteiger partial charge >= 0.3 is 0 Å². The maximum Gasteiger partial charge on any atom is 0.111 e. The predicted molar refractivity (Wildman–Crippen MR) is 86.1 cm³/mol. The minimum atomic E-state index is 0.543. The largest absolute Gasteiger partial charge is 0.325 e. The molecule has 0 atom stereocenters. The van der Waals surface area contributed by atoms with Gasteiger partial charge in [0.25, 0.3) is 0 Å². The Labute approximate surface area is 133 Å². The van der Waals surface area contributed by atoms with Crippen LogP contribution in [0.15, 0.2) is 30.6 Å². The maximum atomic E-state index is 6.35. The van der Waals surface area contributed by atoms with Crippen molar-refractivity contribution in [3.63, 3.8) is 0 Å². The summed E-state index contributed by atoms with van der Waals surface area (Å²) in [4.78, 5) is 4.65. The van der Waals surface area contributed by atoms with Crippen molar-refractivity contribution in [3.8, 4) is 0 Å². The summed E-state index contributed by atoms with van der Waals surface area (Å²) in [5, 5.41) is 5.04. The molecular formula is C15H16Cl2N4. The lowest BCUT2D eigenvalue weighted by Gasteiger charge is -2.09. The number of rotatable bonds is 5. The minimum Gasteiger partial charge on any atom is -0.325 e. The molecule has 0 unspecified atom stereocenters. The lowest BCUT2D eigenvalue weighted by Crippen LogP contribution is -2.11. The number of fused-ring (bicyclic) bond motifs is 1. The normalized spacial score (nSPS) is 11.4. The second kappa shape index (κ2) is 6.08. The number of benzene rings is 1. The van der Waals surface area contributed by atoms with Crippen LogP contribution in [0.1, 0.15) is 11.4 Å². The van der Waals surface area contributed by atoms with Gasteiger partial charge in [0.15, 0.2) is 0 Å². The molecule has 2 heterocycles. The summed E-state index contributed by atoms with van der Waals surface area (Å²) in [5.41, 5.74) is 3.05. The van der Waals surface area contributed by atoms with Gasteiger partial charge in [-0.15, -0.1) is 11.6 Å². The van der Waals surface area contributed by atoms with E-state index in [9.17, 15) is 0 Å². The van der Waals surface area contributed by atoms with E-state index in [1.165, 1.54) is 0 Å². The summed E-state index contributed by atoms with van der Waals surface area (Å²) < 4.78 is 4.08. The molecule has 3 rings (SSSR count). The summed E-state index contributed by atoms with van der Waals surface area (Å²) in [6, 6.07) is 5.79. The van der Waals surface area contributed by atoms with E-state index in [0.717, 1.165) is 47.0 Å². The first kappa shape index (κ1) is 14.4. The highest BCUT2D eigenvalue weighted by Crippen LogP contribution is 2.25. The molecule has 1 aromatic carbocycles. The predicted octanol–water partition coefficient (Wildman–Crippen LogP) is 3.68. The summed E-state index contributed by atoms with van der Waals surface area (Å²) >= 11 is 12.2.